The molecular formula is C19H27F3N2O3. The Balaban J connectivity index is 1.87. The van der Waals surface area contributed by atoms with Crippen molar-refractivity contribution >= 4 is 5.91 Å². The summed E-state index contributed by atoms with van der Waals surface area (Å²) in [6.45, 7) is 2.06. The van der Waals surface area contributed by atoms with Gasteiger partial charge in [0.2, 0.25) is 5.91 Å². The van der Waals surface area contributed by atoms with Crippen LogP contribution in [0.4, 0.5) is 13.2 Å². The fourth-order valence-corrected chi connectivity index (χ4v) is 3.23. The maximum Gasteiger partial charge on any atom is 0.422 e. The minimum absolute atomic E-state index is 0.0304. The highest BCUT2D eigenvalue weighted by Gasteiger charge is 2.29. The van der Waals surface area contributed by atoms with E-state index >= 15 is 0 Å². The van der Waals surface area contributed by atoms with Crippen molar-refractivity contribution in [1.29, 1.82) is 0 Å². The third-order valence-corrected chi connectivity index (χ3v) is 4.88. The van der Waals surface area contributed by atoms with Gasteiger partial charge in [-0.2, -0.15) is 13.2 Å². The number of likely N-dealkylation sites (tertiary alicyclic amines) is 1. The van der Waals surface area contributed by atoms with Crippen molar-refractivity contribution in [2.45, 2.75) is 44.8 Å². The summed E-state index contributed by atoms with van der Waals surface area (Å²) in [5, 5.41) is 0. The molecule has 0 spiro atoms. The van der Waals surface area contributed by atoms with Crippen LogP contribution >= 0.6 is 0 Å². The highest BCUT2D eigenvalue weighted by molar-refractivity contribution is 5.76. The number of carbonyl (C=O) groups is 1. The quantitative estimate of drug-likeness (QED) is 0.779. The summed E-state index contributed by atoms with van der Waals surface area (Å²) in [4.78, 5) is 14.3. The summed E-state index contributed by atoms with van der Waals surface area (Å²) < 4.78 is 46.8. The van der Waals surface area contributed by atoms with Crippen LogP contribution in [-0.4, -0.2) is 49.8 Å². The van der Waals surface area contributed by atoms with Gasteiger partial charge in [0.1, 0.15) is 0 Å². The number of ether oxygens (including phenoxy) is 2. The number of nitrogens with zero attached hydrogens (tertiary/aromatic N) is 1. The van der Waals surface area contributed by atoms with Crippen LogP contribution in [0.1, 0.15) is 31.7 Å². The number of halogens is 3. The van der Waals surface area contributed by atoms with Crippen molar-refractivity contribution < 1.29 is 27.4 Å². The number of rotatable bonds is 7. The summed E-state index contributed by atoms with van der Waals surface area (Å²) >= 11 is 0. The first-order valence-corrected chi connectivity index (χ1v) is 9.09. The van der Waals surface area contributed by atoms with Gasteiger partial charge in [0.05, 0.1) is 7.11 Å². The minimum Gasteiger partial charge on any atom is -0.493 e. The lowest BCUT2D eigenvalue weighted by Gasteiger charge is -2.33. The number of benzene rings is 1. The highest BCUT2D eigenvalue weighted by atomic mass is 19.4. The standard InChI is InChI=1S/C19H27F3N2O3/c1-13(23)15-7-9-24(10-8-15)18(25)6-4-14-3-5-16(17(11-14)26-2)27-12-19(20,21)22/h3,5,11,13,15H,4,6-10,12,23H2,1-2H3. The molecule has 0 aromatic heterocycles. The van der Waals surface area contributed by atoms with Gasteiger partial charge in [-0.15, -0.1) is 0 Å². The Morgan fingerprint density at radius 1 is 1.30 bits per heavy atom. The zero-order valence-corrected chi connectivity index (χ0v) is 15.7. The average molecular weight is 388 g/mol. The van der Waals surface area contributed by atoms with Crippen LogP contribution in [0, 0.1) is 5.92 Å². The molecule has 1 heterocycles. The molecule has 1 aliphatic heterocycles. The molecule has 0 aliphatic carbocycles. The molecule has 1 atom stereocenters. The Labute approximate surface area is 157 Å². The number of methoxy groups -OCH3 is 1. The lowest BCUT2D eigenvalue weighted by atomic mass is 9.91. The van der Waals surface area contributed by atoms with Crippen molar-refractivity contribution in [2.24, 2.45) is 11.7 Å². The zero-order chi connectivity index (χ0) is 20.0. The molecule has 1 fully saturated rings. The Hall–Kier alpha value is -1.96. The molecule has 1 amide bonds. The van der Waals surface area contributed by atoms with Crippen molar-refractivity contribution in [1.82, 2.24) is 4.90 Å². The van der Waals surface area contributed by atoms with E-state index in [9.17, 15) is 18.0 Å². The van der Waals surface area contributed by atoms with Gasteiger partial charge in [0.25, 0.3) is 0 Å². The van der Waals surface area contributed by atoms with Crippen LogP contribution in [-0.2, 0) is 11.2 Å². The van der Waals surface area contributed by atoms with E-state index in [0.717, 1.165) is 31.5 Å². The summed E-state index contributed by atoms with van der Waals surface area (Å²) in [7, 11) is 1.37. The number of hydrogen-bond acceptors (Lipinski definition) is 4. The maximum absolute atomic E-state index is 12.4. The molecule has 0 saturated carbocycles. The molecule has 1 aromatic carbocycles. The smallest absolute Gasteiger partial charge is 0.422 e. The Kier molecular flexibility index (Phi) is 7.35. The number of piperidine rings is 1. The molecule has 152 valence electrons. The number of nitrogens with two attached hydrogens (primary N) is 1. The number of alkyl halides is 3. The maximum atomic E-state index is 12.4. The summed E-state index contributed by atoms with van der Waals surface area (Å²) in [5.41, 5.74) is 6.73. The first-order chi connectivity index (χ1) is 12.7. The van der Waals surface area contributed by atoms with E-state index in [1.807, 2.05) is 11.8 Å². The second kappa shape index (κ2) is 9.30. The molecule has 1 aliphatic rings. The van der Waals surface area contributed by atoms with Crippen LogP contribution in [0.5, 0.6) is 11.5 Å². The van der Waals surface area contributed by atoms with Crippen LogP contribution in [0.15, 0.2) is 18.2 Å². The first kappa shape index (κ1) is 21.3. The SMILES string of the molecule is COc1cc(CCC(=O)N2CCC(C(C)N)CC2)ccc1OCC(F)(F)F. The highest BCUT2D eigenvalue weighted by Crippen LogP contribution is 2.30. The van der Waals surface area contributed by atoms with E-state index < -0.39 is 12.8 Å². The van der Waals surface area contributed by atoms with Gasteiger partial charge in [0.15, 0.2) is 18.1 Å². The predicted molar refractivity (Wildman–Crippen MR) is 95.8 cm³/mol. The Morgan fingerprint density at radius 2 is 1.96 bits per heavy atom. The van der Waals surface area contributed by atoms with E-state index in [1.165, 1.54) is 13.2 Å². The van der Waals surface area contributed by atoms with Gasteiger partial charge in [-0.25, -0.2) is 0 Å². The van der Waals surface area contributed by atoms with Crippen molar-refractivity contribution in [3.8, 4) is 11.5 Å². The van der Waals surface area contributed by atoms with Gasteiger partial charge < -0.3 is 20.1 Å². The Bertz CT molecular complexity index is 627. The average Bonchev–Trinajstić information content (AvgIpc) is 2.64. The van der Waals surface area contributed by atoms with Gasteiger partial charge in [-0.05, 0) is 49.8 Å². The fraction of sp³-hybridized carbons (Fsp3) is 0.632. The van der Waals surface area contributed by atoms with Gasteiger partial charge >= 0.3 is 6.18 Å². The largest absolute Gasteiger partial charge is 0.493 e. The number of amides is 1. The zero-order valence-electron chi connectivity index (χ0n) is 15.7. The molecular weight excluding hydrogens is 361 g/mol. The summed E-state index contributed by atoms with van der Waals surface area (Å²) in [5.74, 6) is 0.793. The van der Waals surface area contributed by atoms with Crippen LogP contribution in [0.25, 0.3) is 0 Å². The minimum atomic E-state index is -4.41. The van der Waals surface area contributed by atoms with Crippen molar-refractivity contribution in [3.05, 3.63) is 23.8 Å². The van der Waals surface area contributed by atoms with Crippen molar-refractivity contribution in [3.63, 3.8) is 0 Å². The van der Waals surface area contributed by atoms with Crippen LogP contribution in [0.3, 0.4) is 0 Å². The third-order valence-electron chi connectivity index (χ3n) is 4.88. The molecule has 1 unspecified atom stereocenters. The normalized spacial score (nSPS) is 16.9. The predicted octanol–water partition coefficient (Wildman–Crippen LogP) is 3.15. The van der Waals surface area contributed by atoms with E-state index in [4.69, 9.17) is 15.2 Å². The molecule has 0 radical (unpaired) electrons. The van der Waals surface area contributed by atoms with E-state index in [2.05, 4.69) is 0 Å². The van der Waals surface area contributed by atoms with E-state index in [1.54, 1.807) is 12.1 Å². The van der Waals surface area contributed by atoms with E-state index in [-0.39, 0.29) is 23.4 Å². The molecule has 2 N–H and O–H groups in total. The molecule has 1 aromatic rings. The first-order valence-electron chi connectivity index (χ1n) is 9.09. The number of aryl methyl sites for hydroxylation is 1. The molecule has 0 bridgehead atoms. The molecule has 27 heavy (non-hydrogen) atoms. The lowest BCUT2D eigenvalue weighted by Crippen LogP contribution is -2.42. The third kappa shape index (κ3) is 6.61. The molecule has 2 rings (SSSR count). The van der Waals surface area contributed by atoms with Crippen LogP contribution < -0.4 is 15.2 Å². The lowest BCUT2D eigenvalue weighted by molar-refractivity contribution is -0.153. The molecule has 8 heteroatoms. The number of carbonyl (C=O) groups excluding carboxylic acids is 1. The number of hydrogen-bond donors (Lipinski definition) is 1. The van der Waals surface area contributed by atoms with Crippen molar-refractivity contribution in [2.75, 3.05) is 26.8 Å². The summed E-state index contributed by atoms with van der Waals surface area (Å²) in [6.07, 6.45) is -1.74. The molecule has 1 saturated heterocycles. The van der Waals surface area contributed by atoms with Gasteiger partial charge in [-0.3, -0.25) is 4.79 Å². The molecule has 5 nitrogen and oxygen atoms in total. The van der Waals surface area contributed by atoms with E-state index in [0.29, 0.717) is 18.8 Å². The topological polar surface area (TPSA) is 64.8 Å². The monoisotopic (exact) mass is 388 g/mol. The second-order valence-corrected chi connectivity index (χ2v) is 6.97. The second-order valence-electron chi connectivity index (χ2n) is 6.97. The van der Waals surface area contributed by atoms with Gasteiger partial charge in [-0.1, -0.05) is 6.07 Å². The van der Waals surface area contributed by atoms with Gasteiger partial charge in [0, 0.05) is 25.6 Å². The Morgan fingerprint density at radius 3 is 2.52 bits per heavy atom. The van der Waals surface area contributed by atoms with Crippen LogP contribution in [0.2, 0.25) is 0 Å². The summed E-state index contributed by atoms with van der Waals surface area (Å²) in [6, 6.07) is 4.86. The fourth-order valence-electron chi connectivity index (χ4n) is 3.23.